The van der Waals surface area contributed by atoms with E-state index in [1.165, 1.54) is 0 Å². The summed E-state index contributed by atoms with van der Waals surface area (Å²) in [7, 11) is 0. The molecule has 0 atom stereocenters. The minimum atomic E-state index is -0.239. The van der Waals surface area contributed by atoms with Crippen LogP contribution in [0.15, 0.2) is 0 Å². The summed E-state index contributed by atoms with van der Waals surface area (Å²) < 4.78 is 16.8. The van der Waals surface area contributed by atoms with Crippen LogP contribution in [0.2, 0.25) is 0 Å². The maximum absolute atomic E-state index is 11.7. The van der Waals surface area contributed by atoms with E-state index in [4.69, 9.17) is 4.74 Å². The summed E-state index contributed by atoms with van der Waals surface area (Å²) in [4.78, 5) is 0. The van der Waals surface area contributed by atoms with Crippen LogP contribution in [0, 0.1) is 0 Å². The molecule has 0 aromatic heterocycles. The Morgan fingerprint density at radius 1 is 1.36 bits per heavy atom. The first-order chi connectivity index (χ1) is 5.43. The minimum absolute atomic E-state index is 0.239. The summed E-state index contributed by atoms with van der Waals surface area (Å²) in [5.74, 6) is 0. The van der Waals surface area contributed by atoms with Crippen molar-refractivity contribution in [2.24, 2.45) is 0 Å². The van der Waals surface area contributed by atoms with Gasteiger partial charge in [0.1, 0.15) is 0 Å². The smallest absolute Gasteiger partial charge is 0.0907 e. The van der Waals surface area contributed by atoms with E-state index in [1.807, 2.05) is 0 Å². The second-order valence-electron chi connectivity index (χ2n) is 2.55. The second kappa shape index (κ2) is 5.46. The Kier molecular flexibility index (Phi) is 4.42. The lowest BCUT2D eigenvalue weighted by molar-refractivity contribution is 0.0117. The average Bonchev–Trinajstić information content (AvgIpc) is 2.07. The molecule has 0 amide bonds. The van der Waals surface area contributed by atoms with Gasteiger partial charge in [-0.15, -0.1) is 0 Å². The van der Waals surface area contributed by atoms with Gasteiger partial charge >= 0.3 is 0 Å². The first-order valence-corrected chi connectivity index (χ1v) is 4.05. The lowest BCUT2D eigenvalue weighted by Gasteiger charge is -2.26. The van der Waals surface area contributed by atoms with Gasteiger partial charge in [-0.3, -0.25) is 9.82 Å². The predicted molar refractivity (Wildman–Crippen MR) is 41.0 cm³/mol. The third-order valence-corrected chi connectivity index (χ3v) is 1.66. The molecule has 0 saturated carbocycles. The molecule has 0 aromatic carbocycles. The zero-order valence-corrected chi connectivity index (χ0v) is 6.68. The summed E-state index contributed by atoms with van der Waals surface area (Å²) in [5.41, 5.74) is 3.14. The van der Waals surface area contributed by atoms with Crippen molar-refractivity contribution in [2.45, 2.75) is 6.42 Å². The maximum Gasteiger partial charge on any atom is 0.0907 e. The lowest BCUT2D eigenvalue weighted by Crippen LogP contribution is -2.46. The van der Waals surface area contributed by atoms with Crippen molar-refractivity contribution >= 4 is 0 Å². The normalized spacial score (nSPS) is 20.5. The molecule has 0 unspecified atom stereocenters. The van der Waals surface area contributed by atoms with E-state index in [1.54, 1.807) is 0 Å². The van der Waals surface area contributed by atoms with Crippen LogP contribution in [-0.2, 0) is 4.74 Å². The molecule has 1 heterocycles. The predicted octanol–water partition coefficient (Wildman–Crippen LogP) is 0.183. The highest BCUT2D eigenvalue weighted by atomic mass is 19.1. The van der Waals surface area contributed by atoms with Crippen molar-refractivity contribution in [1.29, 1.82) is 0 Å². The topological polar surface area (TPSA) is 24.5 Å². The molecule has 0 aromatic rings. The molecular weight excluding hydrogens is 147 g/mol. The number of hydrazine groups is 1. The Balaban J connectivity index is 1.96. The first kappa shape index (κ1) is 8.90. The summed E-state index contributed by atoms with van der Waals surface area (Å²) >= 11 is 0. The molecule has 0 spiro atoms. The van der Waals surface area contributed by atoms with Gasteiger partial charge in [0.2, 0.25) is 0 Å². The molecular formula is C7H15FN2O. The van der Waals surface area contributed by atoms with Gasteiger partial charge in [0.05, 0.1) is 19.9 Å². The van der Waals surface area contributed by atoms with Crippen molar-refractivity contribution < 1.29 is 9.13 Å². The molecule has 11 heavy (non-hydrogen) atoms. The van der Waals surface area contributed by atoms with E-state index in [9.17, 15) is 4.39 Å². The standard InChI is InChI=1S/C7H15FN2O/c8-2-1-3-9-10-4-6-11-7-5-10/h9H,1-7H2. The number of ether oxygens (including phenoxy) is 1. The molecule has 1 fully saturated rings. The van der Waals surface area contributed by atoms with Gasteiger partial charge in [0.15, 0.2) is 0 Å². The van der Waals surface area contributed by atoms with Gasteiger partial charge in [-0.2, -0.15) is 0 Å². The van der Waals surface area contributed by atoms with Crippen molar-refractivity contribution in [3.8, 4) is 0 Å². The van der Waals surface area contributed by atoms with Gasteiger partial charge in [-0.1, -0.05) is 0 Å². The largest absolute Gasteiger partial charge is 0.379 e. The van der Waals surface area contributed by atoms with Crippen molar-refractivity contribution in [3.05, 3.63) is 0 Å². The number of nitrogens with one attached hydrogen (secondary N) is 1. The Bertz CT molecular complexity index is 96.4. The third-order valence-electron chi connectivity index (χ3n) is 1.66. The van der Waals surface area contributed by atoms with Crippen molar-refractivity contribution in [2.75, 3.05) is 39.5 Å². The lowest BCUT2D eigenvalue weighted by atomic mass is 10.4. The van der Waals surface area contributed by atoms with Crippen LogP contribution < -0.4 is 5.43 Å². The molecule has 0 bridgehead atoms. The van der Waals surface area contributed by atoms with Crippen LogP contribution in [0.3, 0.4) is 0 Å². The average molecular weight is 162 g/mol. The highest BCUT2D eigenvalue weighted by molar-refractivity contribution is 4.56. The van der Waals surface area contributed by atoms with Crippen LogP contribution in [0.4, 0.5) is 4.39 Å². The van der Waals surface area contributed by atoms with Crippen LogP contribution in [0.1, 0.15) is 6.42 Å². The Labute approximate surface area is 66.5 Å². The number of nitrogens with zero attached hydrogens (tertiary/aromatic N) is 1. The third kappa shape index (κ3) is 3.65. The van der Waals surface area contributed by atoms with Crippen LogP contribution >= 0.6 is 0 Å². The fraction of sp³-hybridized carbons (Fsp3) is 1.00. The molecule has 0 radical (unpaired) electrons. The molecule has 66 valence electrons. The van der Waals surface area contributed by atoms with E-state index in [0.29, 0.717) is 6.42 Å². The van der Waals surface area contributed by atoms with Crippen molar-refractivity contribution in [3.63, 3.8) is 0 Å². The zero-order valence-electron chi connectivity index (χ0n) is 6.68. The molecule has 1 aliphatic heterocycles. The Hall–Kier alpha value is -0.190. The van der Waals surface area contributed by atoms with Crippen LogP contribution in [0.5, 0.6) is 0 Å². The van der Waals surface area contributed by atoms with E-state index < -0.39 is 0 Å². The number of halogens is 1. The highest BCUT2D eigenvalue weighted by Crippen LogP contribution is 1.92. The molecule has 3 nitrogen and oxygen atoms in total. The van der Waals surface area contributed by atoms with Crippen LogP contribution in [0.25, 0.3) is 0 Å². The number of hydrogen-bond acceptors (Lipinski definition) is 3. The number of morpholine rings is 1. The highest BCUT2D eigenvalue weighted by Gasteiger charge is 2.07. The van der Waals surface area contributed by atoms with Gasteiger partial charge in [-0.05, 0) is 6.42 Å². The minimum Gasteiger partial charge on any atom is -0.379 e. The fourth-order valence-corrected chi connectivity index (χ4v) is 1.03. The molecule has 0 aliphatic carbocycles. The number of rotatable bonds is 4. The monoisotopic (exact) mass is 162 g/mol. The molecule has 4 heteroatoms. The number of alkyl halides is 1. The molecule has 1 saturated heterocycles. The van der Waals surface area contributed by atoms with Crippen molar-refractivity contribution in [1.82, 2.24) is 10.4 Å². The first-order valence-electron chi connectivity index (χ1n) is 4.05. The fourth-order valence-electron chi connectivity index (χ4n) is 1.03. The summed E-state index contributed by atoms with van der Waals surface area (Å²) in [6, 6.07) is 0. The van der Waals surface area contributed by atoms with E-state index in [2.05, 4.69) is 10.4 Å². The van der Waals surface area contributed by atoms with E-state index >= 15 is 0 Å². The quantitative estimate of drug-likeness (QED) is 0.597. The van der Waals surface area contributed by atoms with Gasteiger partial charge in [0, 0.05) is 19.6 Å². The number of hydrogen-bond donors (Lipinski definition) is 1. The molecule has 1 rings (SSSR count). The Morgan fingerprint density at radius 2 is 2.09 bits per heavy atom. The Morgan fingerprint density at radius 3 is 2.73 bits per heavy atom. The van der Waals surface area contributed by atoms with Gasteiger partial charge in [-0.25, -0.2) is 5.01 Å². The van der Waals surface area contributed by atoms with Gasteiger partial charge in [0.25, 0.3) is 0 Å². The van der Waals surface area contributed by atoms with Gasteiger partial charge < -0.3 is 4.74 Å². The maximum atomic E-state index is 11.7. The van der Waals surface area contributed by atoms with E-state index in [-0.39, 0.29) is 6.67 Å². The zero-order chi connectivity index (χ0) is 7.94. The summed E-state index contributed by atoms with van der Waals surface area (Å²) in [6.07, 6.45) is 0.595. The molecule has 1 N–H and O–H groups in total. The second-order valence-corrected chi connectivity index (χ2v) is 2.55. The molecule has 1 aliphatic rings. The van der Waals surface area contributed by atoms with Crippen LogP contribution in [-0.4, -0.2) is 44.5 Å². The van der Waals surface area contributed by atoms with E-state index in [0.717, 1.165) is 32.8 Å². The SMILES string of the molecule is FCCCNN1CCOCC1. The summed E-state index contributed by atoms with van der Waals surface area (Å²) in [6.45, 7) is 3.87. The summed E-state index contributed by atoms with van der Waals surface area (Å²) in [5, 5.41) is 2.08.